The first-order valence-electron chi connectivity index (χ1n) is 4.82. The van der Waals surface area contributed by atoms with Crippen molar-refractivity contribution >= 4 is 17.9 Å². The number of benzene rings is 1. The summed E-state index contributed by atoms with van der Waals surface area (Å²) in [6.07, 6.45) is 0. The molecular formula is C11H15NO2S. The molecule has 0 saturated heterocycles. The first-order valence-corrected chi connectivity index (χ1v) is 5.27. The number of aryl methyl sites for hydroxylation is 1. The van der Waals surface area contributed by atoms with Crippen molar-refractivity contribution in [2.75, 3.05) is 6.61 Å². The van der Waals surface area contributed by atoms with E-state index in [1.807, 2.05) is 32.0 Å². The Bertz CT molecular complexity index is 352. The standard InChI is InChI=1S/C11H15NO2S/c1-3-14-10-5-4-9(6-8(10)2)7-12-11(13)15/h4-6H,3,7H2,1-2H3,(H2,12,13,15). The highest BCUT2D eigenvalue weighted by molar-refractivity contribution is 7.96. The van der Waals surface area contributed by atoms with Crippen LogP contribution in [-0.2, 0) is 6.54 Å². The molecule has 1 aromatic carbocycles. The third kappa shape index (κ3) is 3.83. The summed E-state index contributed by atoms with van der Waals surface area (Å²) in [5.74, 6) is 0.887. The quantitative estimate of drug-likeness (QED) is 0.773. The maximum Gasteiger partial charge on any atom is 0.276 e. The summed E-state index contributed by atoms with van der Waals surface area (Å²) in [5, 5.41) is 2.31. The zero-order valence-corrected chi connectivity index (χ0v) is 9.80. The van der Waals surface area contributed by atoms with E-state index in [2.05, 4.69) is 17.9 Å². The van der Waals surface area contributed by atoms with Crippen LogP contribution < -0.4 is 10.1 Å². The Morgan fingerprint density at radius 1 is 1.53 bits per heavy atom. The van der Waals surface area contributed by atoms with Gasteiger partial charge in [0.1, 0.15) is 5.75 Å². The molecule has 3 nitrogen and oxygen atoms in total. The number of hydrogen-bond acceptors (Lipinski definition) is 2. The topological polar surface area (TPSA) is 38.3 Å². The van der Waals surface area contributed by atoms with Crippen molar-refractivity contribution in [2.45, 2.75) is 20.4 Å². The fraction of sp³-hybridized carbons (Fsp3) is 0.364. The Labute approximate surface area is 95.2 Å². The van der Waals surface area contributed by atoms with E-state index in [4.69, 9.17) is 4.74 Å². The predicted octanol–water partition coefficient (Wildman–Crippen LogP) is 2.53. The molecule has 15 heavy (non-hydrogen) atoms. The van der Waals surface area contributed by atoms with Crippen LogP contribution in [-0.4, -0.2) is 11.8 Å². The maximum absolute atomic E-state index is 10.6. The van der Waals surface area contributed by atoms with Crippen LogP contribution in [0.15, 0.2) is 18.2 Å². The Hall–Kier alpha value is -1.16. The summed E-state index contributed by atoms with van der Waals surface area (Å²) < 4.78 is 5.41. The fourth-order valence-corrected chi connectivity index (χ4v) is 1.40. The van der Waals surface area contributed by atoms with E-state index in [1.165, 1.54) is 0 Å². The number of rotatable bonds is 4. The Kier molecular flexibility index (Phi) is 4.49. The van der Waals surface area contributed by atoms with Crippen LogP contribution in [0.2, 0.25) is 0 Å². The van der Waals surface area contributed by atoms with Gasteiger partial charge in [0.05, 0.1) is 6.61 Å². The molecule has 0 aliphatic carbocycles. The average molecular weight is 225 g/mol. The normalized spacial score (nSPS) is 9.80. The van der Waals surface area contributed by atoms with Crippen LogP contribution in [0.3, 0.4) is 0 Å². The third-order valence-corrected chi connectivity index (χ3v) is 2.14. The van der Waals surface area contributed by atoms with E-state index in [0.29, 0.717) is 13.2 Å². The van der Waals surface area contributed by atoms with Gasteiger partial charge in [-0.15, -0.1) is 0 Å². The van der Waals surface area contributed by atoms with Crippen LogP contribution in [0.5, 0.6) is 5.75 Å². The van der Waals surface area contributed by atoms with Gasteiger partial charge in [-0.25, -0.2) is 0 Å². The van der Waals surface area contributed by atoms with Crippen LogP contribution in [0.25, 0.3) is 0 Å². The molecule has 0 aliphatic rings. The highest BCUT2D eigenvalue weighted by Crippen LogP contribution is 2.18. The third-order valence-electron chi connectivity index (χ3n) is 1.98. The first-order chi connectivity index (χ1) is 7.13. The van der Waals surface area contributed by atoms with E-state index < -0.39 is 0 Å². The van der Waals surface area contributed by atoms with Gasteiger partial charge in [0.25, 0.3) is 5.24 Å². The summed E-state index contributed by atoms with van der Waals surface area (Å²) in [6.45, 7) is 5.09. The van der Waals surface area contributed by atoms with Crippen LogP contribution in [0.4, 0.5) is 4.79 Å². The first kappa shape index (κ1) is 11.9. The molecule has 82 valence electrons. The molecule has 1 N–H and O–H groups in total. The second kappa shape index (κ2) is 5.66. The lowest BCUT2D eigenvalue weighted by atomic mass is 10.1. The van der Waals surface area contributed by atoms with E-state index in [0.717, 1.165) is 16.9 Å². The van der Waals surface area contributed by atoms with Crippen molar-refractivity contribution in [2.24, 2.45) is 0 Å². The maximum atomic E-state index is 10.6. The summed E-state index contributed by atoms with van der Waals surface area (Å²) in [4.78, 5) is 10.6. The zero-order valence-electron chi connectivity index (χ0n) is 8.91. The highest BCUT2D eigenvalue weighted by atomic mass is 32.1. The largest absolute Gasteiger partial charge is 0.494 e. The smallest absolute Gasteiger partial charge is 0.276 e. The molecule has 1 rings (SSSR count). The monoisotopic (exact) mass is 225 g/mol. The molecule has 0 saturated carbocycles. The van der Waals surface area contributed by atoms with Gasteiger partial charge in [0, 0.05) is 6.54 Å². The lowest BCUT2D eigenvalue weighted by Crippen LogP contribution is -2.15. The van der Waals surface area contributed by atoms with Crippen molar-refractivity contribution in [1.29, 1.82) is 0 Å². The summed E-state index contributed by atoms with van der Waals surface area (Å²) in [5.41, 5.74) is 2.11. The van der Waals surface area contributed by atoms with Crippen molar-refractivity contribution in [3.05, 3.63) is 29.3 Å². The highest BCUT2D eigenvalue weighted by Gasteiger charge is 2.01. The fourth-order valence-electron chi connectivity index (χ4n) is 1.32. The van der Waals surface area contributed by atoms with Crippen LogP contribution in [0, 0.1) is 6.92 Å². The zero-order chi connectivity index (χ0) is 11.3. The molecule has 1 aromatic rings. The molecule has 0 unspecified atom stereocenters. The van der Waals surface area contributed by atoms with Crippen LogP contribution in [0.1, 0.15) is 18.1 Å². The molecule has 0 radical (unpaired) electrons. The van der Waals surface area contributed by atoms with Gasteiger partial charge >= 0.3 is 0 Å². The predicted molar refractivity (Wildman–Crippen MR) is 63.6 cm³/mol. The van der Waals surface area contributed by atoms with Gasteiger partial charge in [0.2, 0.25) is 0 Å². The number of amides is 1. The molecule has 0 bridgehead atoms. The number of ether oxygens (including phenoxy) is 1. The lowest BCUT2D eigenvalue weighted by molar-refractivity contribution is 0.260. The summed E-state index contributed by atoms with van der Waals surface area (Å²) in [6, 6.07) is 5.84. The number of carbonyl (C=O) groups is 1. The van der Waals surface area contributed by atoms with E-state index in [9.17, 15) is 4.79 Å². The van der Waals surface area contributed by atoms with Crippen molar-refractivity contribution in [3.8, 4) is 5.75 Å². The SMILES string of the molecule is CCOc1ccc(CNC(=O)S)cc1C. The molecule has 0 fully saturated rings. The summed E-state index contributed by atoms with van der Waals surface area (Å²) in [7, 11) is 0. The number of hydrogen-bond donors (Lipinski definition) is 2. The molecule has 0 heterocycles. The number of thiol groups is 1. The second-order valence-corrected chi connectivity index (χ2v) is 3.60. The lowest BCUT2D eigenvalue weighted by Gasteiger charge is -2.09. The minimum Gasteiger partial charge on any atom is -0.494 e. The Balaban J connectivity index is 2.68. The molecule has 4 heteroatoms. The van der Waals surface area contributed by atoms with Gasteiger partial charge in [0.15, 0.2) is 0 Å². The average Bonchev–Trinajstić information content (AvgIpc) is 2.19. The number of nitrogens with one attached hydrogen (secondary N) is 1. The van der Waals surface area contributed by atoms with E-state index in [1.54, 1.807) is 0 Å². The molecule has 0 spiro atoms. The van der Waals surface area contributed by atoms with Gasteiger partial charge < -0.3 is 10.1 Å². The van der Waals surface area contributed by atoms with Crippen molar-refractivity contribution < 1.29 is 9.53 Å². The molecule has 0 aliphatic heterocycles. The van der Waals surface area contributed by atoms with Crippen molar-refractivity contribution in [1.82, 2.24) is 5.32 Å². The molecule has 0 atom stereocenters. The molecular weight excluding hydrogens is 210 g/mol. The van der Waals surface area contributed by atoms with Crippen LogP contribution >= 0.6 is 12.6 Å². The Morgan fingerprint density at radius 3 is 2.80 bits per heavy atom. The second-order valence-electron chi connectivity index (χ2n) is 3.19. The molecule has 0 aromatic heterocycles. The van der Waals surface area contributed by atoms with Gasteiger partial charge in [-0.3, -0.25) is 4.79 Å². The van der Waals surface area contributed by atoms with Crippen molar-refractivity contribution in [3.63, 3.8) is 0 Å². The number of carbonyl (C=O) groups excluding carboxylic acids is 1. The van der Waals surface area contributed by atoms with E-state index in [-0.39, 0.29) is 5.24 Å². The summed E-state index contributed by atoms with van der Waals surface area (Å²) >= 11 is 3.63. The van der Waals surface area contributed by atoms with Gasteiger partial charge in [-0.1, -0.05) is 24.8 Å². The van der Waals surface area contributed by atoms with E-state index >= 15 is 0 Å². The van der Waals surface area contributed by atoms with Gasteiger partial charge in [-0.2, -0.15) is 0 Å². The van der Waals surface area contributed by atoms with Gasteiger partial charge in [-0.05, 0) is 31.0 Å². The molecule has 1 amide bonds. The minimum atomic E-state index is -0.318. The Morgan fingerprint density at radius 2 is 2.27 bits per heavy atom. The minimum absolute atomic E-state index is 0.318.